The van der Waals surface area contributed by atoms with E-state index in [1.165, 1.54) is 7.11 Å². The fourth-order valence-electron chi connectivity index (χ4n) is 2.39. The van der Waals surface area contributed by atoms with E-state index < -0.39 is 17.6 Å². The average molecular weight is 263 g/mol. The maximum absolute atomic E-state index is 11.7. The Bertz CT molecular complexity index is 514. The molecule has 0 saturated heterocycles. The lowest BCUT2D eigenvalue weighted by molar-refractivity contribution is -0.162. The van der Waals surface area contributed by atoms with Crippen LogP contribution in [0.4, 0.5) is 5.69 Å². The minimum Gasteiger partial charge on any atom is -0.467 e. The van der Waals surface area contributed by atoms with Crippen LogP contribution in [0.2, 0.25) is 0 Å². The molecule has 2 N–H and O–H groups in total. The number of hydrogen-bond donors (Lipinski definition) is 2. The molecule has 0 aliphatic heterocycles. The van der Waals surface area contributed by atoms with Crippen LogP contribution >= 0.6 is 0 Å². The maximum Gasteiger partial charge on any atom is 0.340 e. The quantitative estimate of drug-likeness (QED) is 0.797. The summed E-state index contributed by atoms with van der Waals surface area (Å²) in [6, 6.07) is 6.87. The van der Waals surface area contributed by atoms with E-state index in [2.05, 4.69) is 10.1 Å². The third kappa shape index (κ3) is 2.61. The molecule has 5 nitrogen and oxygen atoms in total. The zero-order chi connectivity index (χ0) is 14.0. The van der Waals surface area contributed by atoms with Gasteiger partial charge in [0.15, 0.2) is 5.60 Å². The van der Waals surface area contributed by atoms with Crippen LogP contribution in [0.5, 0.6) is 0 Å². The Labute approximate surface area is 111 Å². The van der Waals surface area contributed by atoms with Crippen molar-refractivity contribution in [1.82, 2.24) is 0 Å². The van der Waals surface area contributed by atoms with Crippen molar-refractivity contribution in [1.29, 1.82) is 0 Å². The summed E-state index contributed by atoms with van der Waals surface area (Å²) < 4.78 is 4.60. The minimum absolute atomic E-state index is 0.111. The first kappa shape index (κ1) is 13.5. The Morgan fingerprint density at radius 3 is 2.89 bits per heavy atom. The number of ether oxygens (including phenoxy) is 1. The summed E-state index contributed by atoms with van der Waals surface area (Å²) in [6.45, 7) is 1.94. The number of rotatable bonds is 3. The molecule has 1 aliphatic carbocycles. The van der Waals surface area contributed by atoms with Crippen molar-refractivity contribution in [3.63, 3.8) is 0 Å². The van der Waals surface area contributed by atoms with Gasteiger partial charge in [-0.1, -0.05) is 12.1 Å². The second kappa shape index (κ2) is 5.01. The van der Waals surface area contributed by atoms with Crippen LogP contribution < -0.4 is 5.32 Å². The number of carbonyl (C=O) groups excluding carboxylic acids is 2. The Balaban J connectivity index is 2.22. The summed E-state index contributed by atoms with van der Waals surface area (Å²) >= 11 is 0. The van der Waals surface area contributed by atoms with E-state index in [1.807, 2.05) is 31.2 Å². The molecule has 0 radical (unpaired) electrons. The zero-order valence-electron chi connectivity index (χ0n) is 11.0. The largest absolute Gasteiger partial charge is 0.467 e. The van der Waals surface area contributed by atoms with Crippen LogP contribution in [0.1, 0.15) is 18.4 Å². The summed E-state index contributed by atoms with van der Waals surface area (Å²) in [5.74, 6) is -0.929. The topological polar surface area (TPSA) is 75.6 Å². The van der Waals surface area contributed by atoms with E-state index in [1.54, 1.807) is 0 Å². The second-order valence-corrected chi connectivity index (χ2v) is 4.90. The lowest BCUT2D eigenvalue weighted by Crippen LogP contribution is -2.49. The van der Waals surface area contributed by atoms with E-state index >= 15 is 0 Å². The molecule has 2 atom stereocenters. The van der Waals surface area contributed by atoms with Crippen LogP contribution in [0.15, 0.2) is 24.3 Å². The molecule has 0 spiro atoms. The highest BCUT2D eigenvalue weighted by molar-refractivity contribution is 5.95. The molecule has 1 aliphatic rings. The third-order valence-electron chi connectivity index (χ3n) is 3.37. The standard InChI is InChI=1S/C14H17NO4/c1-9-4-3-5-10(6-9)15-12-7-11(16)8-14(12,18)13(17)19-2/h3-6,12,15,18H,7-8H2,1-2H3/t12-,14+/m1/s1. The van der Waals surface area contributed by atoms with E-state index in [9.17, 15) is 14.7 Å². The first-order chi connectivity index (χ1) is 8.95. The number of hydrogen-bond acceptors (Lipinski definition) is 5. The predicted molar refractivity (Wildman–Crippen MR) is 69.8 cm³/mol. The van der Waals surface area contributed by atoms with Gasteiger partial charge in [-0.25, -0.2) is 4.79 Å². The fraction of sp³-hybridized carbons (Fsp3) is 0.429. The molecule has 0 amide bonds. The van der Waals surface area contributed by atoms with Gasteiger partial charge >= 0.3 is 5.97 Å². The molecule has 1 fully saturated rings. The number of ketones is 1. The van der Waals surface area contributed by atoms with Gasteiger partial charge in [0.25, 0.3) is 0 Å². The van der Waals surface area contributed by atoms with Crippen molar-refractivity contribution in [3.8, 4) is 0 Å². The molecule has 5 heteroatoms. The van der Waals surface area contributed by atoms with Gasteiger partial charge in [0.05, 0.1) is 13.2 Å². The van der Waals surface area contributed by atoms with E-state index in [-0.39, 0.29) is 18.6 Å². The summed E-state index contributed by atoms with van der Waals surface area (Å²) in [4.78, 5) is 23.2. The molecule has 0 bridgehead atoms. The van der Waals surface area contributed by atoms with Crippen molar-refractivity contribution in [2.24, 2.45) is 0 Å². The molecular formula is C14H17NO4. The molecule has 1 saturated carbocycles. The molecule has 0 aromatic heterocycles. The number of aliphatic hydroxyl groups is 1. The van der Waals surface area contributed by atoms with Gasteiger partial charge < -0.3 is 15.2 Å². The van der Waals surface area contributed by atoms with Crippen LogP contribution in [0.3, 0.4) is 0 Å². The van der Waals surface area contributed by atoms with Gasteiger partial charge in [0, 0.05) is 18.5 Å². The van der Waals surface area contributed by atoms with Crippen LogP contribution in [-0.2, 0) is 14.3 Å². The van der Waals surface area contributed by atoms with Gasteiger partial charge in [0.2, 0.25) is 0 Å². The number of Topliss-reactive ketones (excluding diaryl/α,β-unsaturated/α-hetero) is 1. The summed E-state index contributed by atoms with van der Waals surface area (Å²) in [7, 11) is 1.20. The minimum atomic E-state index is -1.78. The highest BCUT2D eigenvalue weighted by atomic mass is 16.5. The molecule has 102 valence electrons. The van der Waals surface area contributed by atoms with E-state index in [0.717, 1.165) is 11.3 Å². The number of benzene rings is 1. The number of aryl methyl sites for hydroxylation is 1. The molecule has 1 aromatic rings. The highest BCUT2D eigenvalue weighted by Gasteiger charge is 2.52. The normalized spacial score (nSPS) is 26.3. The molecule has 0 unspecified atom stereocenters. The lowest BCUT2D eigenvalue weighted by atomic mass is 9.97. The number of nitrogens with one attached hydrogen (secondary N) is 1. The smallest absolute Gasteiger partial charge is 0.340 e. The number of methoxy groups -OCH3 is 1. The molecule has 1 aromatic carbocycles. The lowest BCUT2D eigenvalue weighted by Gasteiger charge is -2.27. The summed E-state index contributed by atoms with van der Waals surface area (Å²) in [5, 5.41) is 13.4. The van der Waals surface area contributed by atoms with Crippen LogP contribution in [-0.4, -0.2) is 35.6 Å². The predicted octanol–water partition coefficient (Wildman–Crippen LogP) is 1.04. The van der Waals surface area contributed by atoms with Crippen molar-refractivity contribution in [3.05, 3.63) is 29.8 Å². The fourth-order valence-corrected chi connectivity index (χ4v) is 2.39. The monoisotopic (exact) mass is 263 g/mol. The number of anilines is 1. The SMILES string of the molecule is COC(=O)[C@]1(O)CC(=O)C[C@H]1Nc1cccc(C)c1. The third-order valence-corrected chi connectivity index (χ3v) is 3.37. The van der Waals surface area contributed by atoms with Gasteiger partial charge in [0.1, 0.15) is 5.78 Å². The van der Waals surface area contributed by atoms with Gasteiger partial charge in [-0.15, -0.1) is 0 Å². The Hall–Kier alpha value is -1.88. The number of carbonyl (C=O) groups is 2. The highest BCUT2D eigenvalue weighted by Crippen LogP contribution is 2.31. The second-order valence-electron chi connectivity index (χ2n) is 4.90. The van der Waals surface area contributed by atoms with E-state index in [4.69, 9.17) is 0 Å². The van der Waals surface area contributed by atoms with E-state index in [0.29, 0.717) is 0 Å². The Kier molecular flexibility index (Phi) is 3.57. The van der Waals surface area contributed by atoms with Crippen LogP contribution in [0, 0.1) is 6.92 Å². The maximum atomic E-state index is 11.7. The van der Waals surface area contributed by atoms with Crippen molar-refractivity contribution in [2.75, 3.05) is 12.4 Å². The molecule has 19 heavy (non-hydrogen) atoms. The molecule has 2 rings (SSSR count). The Morgan fingerprint density at radius 1 is 1.53 bits per heavy atom. The van der Waals surface area contributed by atoms with Gasteiger partial charge in [-0.2, -0.15) is 0 Å². The summed E-state index contributed by atoms with van der Waals surface area (Å²) in [6.07, 6.45) is -0.0945. The number of esters is 1. The molecule has 0 heterocycles. The van der Waals surface area contributed by atoms with Crippen molar-refractivity contribution < 1.29 is 19.4 Å². The Morgan fingerprint density at radius 2 is 2.26 bits per heavy atom. The van der Waals surface area contributed by atoms with Gasteiger partial charge in [-0.05, 0) is 24.6 Å². The average Bonchev–Trinajstić information content (AvgIpc) is 2.64. The van der Waals surface area contributed by atoms with Crippen LogP contribution in [0.25, 0.3) is 0 Å². The first-order valence-electron chi connectivity index (χ1n) is 6.11. The zero-order valence-corrected chi connectivity index (χ0v) is 11.0. The van der Waals surface area contributed by atoms with Gasteiger partial charge in [-0.3, -0.25) is 4.79 Å². The first-order valence-corrected chi connectivity index (χ1v) is 6.11. The van der Waals surface area contributed by atoms with Crippen molar-refractivity contribution in [2.45, 2.75) is 31.4 Å². The molecular weight excluding hydrogens is 246 g/mol. The summed E-state index contributed by atoms with van der Waals surface area (Å²) in [5.41, 5.74) is 0.0354. The van der Waals surface area contributed by atoms with Crippen molar-refractivity contribution >= 4 is 17.4 Å².